The molecule has 0 radical (unpaired) electrons. The van der Waals surface area contributed by atoms with Gasteiger partial charge in [-0.25, -0.2) is 4.79 Å². The zero-order chi connectivity index (χ0) is 12.2. The molecule has 18 heavy (non-hydrogen) atoms. The highest BCUT2D eigenvalue weighted by Crippen LogP contribution is 2.47. The smallest absolute Gasteiger partial charge is 0.339 e. The summed E-state index contributed by atoms with van der Waals surface area (Å²) in [6.45, 7) is 0. The van der Waals surface area contributed by atoms with Crippen LogP contribution in [0.5, 0.6) is 0 Å². The van der Waals surface area contributed by atoms with Crippen LogP contribution in [0.4, 0.5) is 0 Å². The van der Waals surface area contributed by atoms with Gasteiger partial charge in [0, 0.05) is 12.8 Å². The lowest BCUT2D eigenvalue weighted by atomic mass is 9.68. The quantitative estimate of drug-likeness (QED) is 0.657. The van der Waals surface area contributed by atoms with Gasteiger partial charge in [0.1, 0.15) is 5.60 Å². The molecule has 1 atom stereocenters. The number of rotatable bonds is 0. The molecule has 2 aromatic carbocycles. The Bertz CT molecular complexity index is 660. The Morgan fingerprint density at radius 3 is 2.39 bits per heavy atom. The Labute approximate surface area is 105 Å². The predicted molar refractivity (Wildman–Crippen MR) is 67.4 cm³/mol. The summed E-state index contributed by atoms with van der Waals surface area (Å²) in [7, 11) is 0. The average molecular weight is 236 g/mol. The van der Waals surface area contributed by atoms with Gasteiger partial charge in [-0.3, -0.25) is 0 Å². The van der Waals surface area contributed by atoms with Crippen LogP contribution in [-0.2, 0) is 23.2 Å². The third-order valence-corrected chi connectivity index (χ3v) is 3.99. The maximum atomic E-state index is 12.1. The van der Waals surface area contributed by atoms with E-state index < -0.39 is 5.60 Å². The zero-order valence-electron chi connectivity index (χ0n) is 9.85. The highest BCUT2D eigenvalue weighted by atomic mass is 16.6. The number of carbonyl (C=O) groups excluding carboxylic acids is 1. The standard InChI is InChI=1S/C16H12O2/c17-15-13-7-3-1-5-11(13)9-16(18-15)10-12-6-2-4-8-14(12)16/h1-8H,9-10H2/t16-/m0/s1. The number of hydrogen-bond donors (Lipinski definition) is 0. The van der Waals surface area contributed by atoms with Crippen LogP contribution in [-0.4, -0.2) is 5.97 Å². The minimum absolute atomic E-state index is 0.189. The van der Waals surface area contributed by atoms with Crippen molar-refractivity contribution in [2.24, 2.45) is 0 Å². The highest BCUT2D eigenvalue weighted by molar-refractivity contribution is 5.93. The summed E-state index contributed by atoms with van der Waals surface area (Å²) in [5.74, 6) is -0.189. The molecule has 0 bridgehead atoms. The van der Waals surface area contributed by atoms with E-state index in [1.165, 1.54) is 11.1 Å². The monoisotopic (exact) mass is 236 g/mol. The molecule has 1 aliphatic carbocycles. The summed E-state index contributed by atoms with van der Waals surface area (Å²) in [6, 6.07) is 15.9. The van der Waals surface area contributed by atoms with E-state index in [-0.39, 0.29) is 5.97 Å². The second-order valence-electron chi connectivity index (χ2n) is 5.05. The fourth-order valence-corrected chi connectivity index (χ4v) is 3.11. The lowest BCUT2D eigenvalue weighted by Crippen LogP contribution is -2.47. The van der Waals surface area contributed by atoms with Crippen molar-refractivity contribution in [3.05, 3.63) is 70.8 Å². The van der Waals surface area contributed by atoms with Crippen molar-refractivity contribution in [3.8, 4) is 0 Å². The van der Waals surface area contributed by atoms with Crippen molar-refractivity contribution in [1.82, 2.24) is 0 Å². The maximum Gasteiger partial charge on any atom is 0.339 e. The fraction of sp³-hybridized carbons (Fsp3) is 0.188. The van der Waals surface area contributed by atoms with E-state index in [9.17, 15) is 4.79 Å². The largest absolute Gasteiger partial charge is 0.450 e. The van der Waals surface area contributed by atoms with Gasteiger partial charge in [0.05, 0.1) is 5.56 Å². The summed E-state index contributed by atoms with van der Waals surface area (Å²) in [6.07, 6.45) is 1.63. The molecule has 0 N–H and O–H groups in total. The van der Waals surface area contributed by atoms with Gasteiger partial charge >= 0.3 is 5.97 Å². The normalized spacial score (nSPS) is 23.9. The highest BCUT2D eigenvalue weighted by Gasteiger charge is 2.49. The predicted octanol–water partition coefficient (Wildman–Crippen LogP) is 2.85. The molecule has 0 unspecified atom stereocenters. The average Bonchev–Trinajstić information content (AvgIpc) is 2.38. The van der Waals surface area contributed by atoms with E-state index in [1.54, 1.807) is 0 Å². The summed E-state index contributed by atoms with van der Waals surface area (Å²) in [5.41, 5.74) is 3.88. The second-order valence-corrected chi connectivity index (χ2v) is 5.05. The number of carbonyl (C=O) groups is 1. The Balaban J connectivity index is 1.83. The second kappa shape index (κ2) is 3.22. The summed E-state index contributed by atoms with van der Waals surface area (Å²) in [4.78, 5) is 12.1. The molecule has 0 saturated carbocycles. The van der Waals surface area contributed by atoms with Crippen molar-refractivity contribution in [2.45, 2.75) is 18.4 Å². The Kier molecular flexibility index (Phi) is 1.77. The van der Waals surface area contributed by atoms with Crippen molar-refractivity contribution in [2.75, 3.05) is 0 Å². The Hall–Kier alpha value is -2.09. The van der Waals surface area contributed by atoms with Gasteiger partial charge in [0.15, 0.2) is 0 Å². The summed E-state index contributed by atoms with van der Waals surface area (Å²) in [5, 5.41) is 0. The molecule has 2 nitrogen and oxygen atoms in total. The Morgan fingerprint density at radius 2 is 1.56 bits per heavy atom. The first-order chi connectivity index (χ1) is 8.78. The number of ether oxygens (including phenoxy) is 1. The van der Waals surface area contributed by atoms with E-state index >= 15 is 0 Å². The van der Waals surface area contributed by atoms with Gasteiger partial charge in [-0.05, 0) is 22.8 Å². The van der Waals surface area contributed by atoms with Crippen LogP contribution in [0.15, 0.2) is 48.5 Å². The zero-order valence-corrected chi connectivity index (χ0v) is 9.85. The van der Waals surface area contributed by atoms with Crippen LogP contribution >= 0.6 is 0 Å². The van der Waals surface area contributed by atoms with Crippen LogP contribution in [0.25, 0.3) is 0 Å². The molecule has 0 aromatic heterocycles. The molecule has 2 aromatic rings. The van der Waals surface area contributed by atoms with Crippen LogP contribution in [0, 0.1) is 0 Å². The van der Waals surface area contributed by atoms with Crippen LogP contribution in [0.2, 0.25) is 0 Å². The van der Waals surface area contributed by atoms with Crippen LogP contribution < -0.4 is 0 Å². The molecular formula is C16H12O2. The Morgan fingerprint density at radius 1 is 0.889 bits per heavy atom. The third-order valence-electron chi connectivity index (χ3n) is 3.99. The van der Waals surface area contributed by atoms with Crippen molar-refractivity contribution < 1.29 is 9.53 Å². The fourth-order valence-electron chi connectivity index (χ4n) is 3.11. The number of hydrogen-bond acceptors (Lipinski definition) is 2. The molecule has 4 rings (SSSR count). The molecule has 2 heteroatoms. The SMILES string of the molecule is O=C1O[C@@]2(Cc3ccccc31)Cc1ccccc12. The van der Waals surface area contributed by atoms with Crippen molar-refractivity contribution >= 4 is 5.97 Å². The van der Waals surface area contributed by atoms with E-state index in [4.69, 9.17) is 4.74 Å². The van der Waals surface area contributed by atoms with Gasteiger partial charge in [-0.1, -0.05) is 42.5 Å². The van der Waals surface area contributed by atoms with E-state index in [0.717, 1.165) is 18.4 Å². The lowest BCUT2D eigenvalue weighted by molar-refractivity contribution is -0.0412. The van der Waals surface area contributed by atoms with Gasteiger partial charge in [-0.15, -0.1) is 0 Å². The molecule has 1 spiro atoms. The maximum absolute atomic E-state index is 12.1. The van der Waals surface area contributed by atoms with Crippen molar-refractivity contribution in [1.29, 1.82) is 0 Å². The molecule has 1 heterocycles. The molecule has 0 amide bonds. The first-order valence-electron chi connectivity index (χ1n) is 6.18. The van der Waals surface area contributed by atoms with Gasteiger partial charge in [-0.2, -0.15) is 0 Å². The topological polar surface area (TPSA) is 26.3 Å². The minimum Gasteiger partial charge on any atom is -0.450 e. The number of benzene rings is 2. The van der Waals surface area contributed by atoms with E-state index in [1.807, 2.05) is 36.4 Å². The van der Waals surface area contributed by atoms with Gasteiger partial charge < -0.3 is 4.74 Å². The minimum atomic E-state index is -0.401. The molecule has 0 fully saturated rings. The first-order valence-corrected chi connectivity index (χ1v) is 6.18. The van der Waals surface area contributed by atoms with E-state index in [2.05, 4.69) is 12.1 Å². The summed E-state index contributed by atoms with van der Waals surface area (Å²) >= 11 is 0. The van der Waals surface area contributed by atoms with Gasteiger partial charge in [0.25, 0.3) is 0 Å². The lowest BCUT2D eigenvalue weighted by Gasteiger charge is -2.45. The van der Waals surface area contributed by atoms with Crippen LogP contribution in [0.1, 0.15) is 27.0 Å². The van der Waals surface area contributed by atoms with Gasteiger partial charge in [0.2, 0.25) is 0 Å². The molecule has 2 aliphatic rings. The molecular weight excluding hydrogens is 224 g/mol. The summed E-state index contributed by atoms with van der Waals surface area (Å²) < 4.78 is 5.72. The third kappa shape index (κ3) is 1.15. The van der Waals surface area contributed by atoms with E-state index in [0.29, 0.717) is 5.56 Å². The van der Waals surface area contributed by atoms with Crippen LogP contribution in [0.3, 0.4) is 0 Å². The van der Waals surface area contributed by atoms with Crippen molar-refractivity contribution in [3.63, 3.8) is 0 Å². The molecule has 88 valence electrons. The first kappa shape index (κ1) is 9.89. The molecule has 0 saturated heterocycles. The number of esters is 1. The number of fused-ring (bicyclic) bond motifs is 3. The molecule has 1 aliphatic heterocycles.